The minimum atomic E-state index is 0.0191. The maximum absolute atomic E-state index is 12.0. The van der Waals surface area contributed by atoms with Crippen molar-refractivity contribution in [1.82, 2.24) is 14.9 Å². The largest absolute Gasteiger partial charge is 0.349 e. The summed E-state index contributed by atoms with van der Waals surface area (Å²) >= 11 is 1.44. The number of carbonyl (C=O) groups excluding carboxylic acids is 1. The second-order valence-electron chi connectivity index (χ2n) is 4.76. The van der Waals surface area contributed by atoms with Gasteiger partial charge in [0.2, 0.25) is 5.91 Å². The Hall–Kier alpha value is -1.75. The average Bonchev–Trinajstić information content (AvgIpc) is 2.82. The van der Waals surface area contributed by atoms with Crippen LogP contribution >= 0.6 is 11.8 Å². The predicted molar refractivity (Wildman–Crippen MR) is 81.7 cm³/mol. The van der Waals surface area contributed by atoms with Gasteiger partial charge in [-0.3, -0.25) is 4.79 Å². The number of hydrogen-bond donors (Lipinski definition) is 1. The SMILES string of the molecule is Cc1ccccc1[C@H](C)NC(=O)CSc1nccn1C. The molecule has 5 heteroatoms. The molecule has 0 fully saturated rings. The molecule has 4 nitrogen and oxygen atoms in total. The van der Waals surface area contributed by atoms with Gasteiger partial charge in [0.15, 0.2) is 5.16 Å². The summed E-state index contributed by atoms with van der Waals surface area (Å²) in [5.41, 5.74) is 2.35. The second-order valence-corrected chi connectivity index (χ2v) is 5.70. The van der Waals surface area contributed by atoms with E-state index >= 15 is 0 Å². The van der Waals surface area contributed by atoms with Gasteiger partial charge in [-0.05, 0) is 25.0 Å². The lowest BCUT2D eigenvalue weighted by Gasteiger charge is -2.16. The normalized spacial score (nSPS) is 12.2. The van der Waals surface area contributed by atoms with Crippen molar-refractivity contribution in [3.8, 4) is 0 Å². The third-order valence-electron chi connectivity index (χ3n) is 3.14. The fourth-order valence-electron chi connectivity index (χ4n) is 2.05. The van der Waals surface area contributed by atoms with Gasteiger partial charge in [0, 0.05) is 19.4 Å². The Kier molecular flexibility index (Phi) is 4.84. The number of carbonyl (C=O) groups is 1. The molecule has 0 bridgehead atoms. The van der Waals surface area contributed by atoms with Crippen LogP contribution in [0.4, 0.5) is 0 Å². The van der Waals surface area contributed by atoms with E-state index < -0.39 is 0 Å². The molecule has 1 atom stereocenters. The highest BCUT2D eigenvalue weighted by atomic mass is 32.2. The van der Waals surface area contributed by atoms with Crippen molar-refractivity contribution in [2.75, 3.05) is 5.75 Å². The van der Waals surface area contributed by atoms with Crippen LogP contribution in [-0.2, 0) is 11.8 Å². The summed E-state index contributed by atoms with van der Waals surface area (Å²) in [5, 5.41) is 3.87. The highest BCUT2D eigenvalue weighted by molar-refractivity contribution is 7.99. The van der Waals surface area contributed by atoms with Gasteiger partial charge in [-0.1, -0.05) is 36.0 Å². The molecule has 1 aromatic heterocycles. The van der Waals surface area contributed by atoms with Gasteiger partial charge in [0.1, 0.15) is 0 Å². The van der Waals surface area contributed by atoms with Crippen LogP contribution in [0, 0.1) is 6.92 Å². The highest BCUT2D eigenvalue weighted by Gasteiger charge is 2.12. The Labute approximate surface area is 123 Å². The van der Waals surface area contributed by atoms with E-state index in [4.69, 9.17) is 0 Å². The van der Waals surface area contributed by atoms with Crippen molar-refractivity contribution in [2.24, 2.45) is 7.05 Å². The zero-order chi connectivity index (χ0) is 14.5. The quantitative estimate of drug-likeness (QED) is 0.861. The Morgan fingerprint density at radius 2 is 2.20 bits per heavy atom. The van der Waals surface area contributed by atoms with E-state index in [2.05, 4.69) is 23.3 Å². The van der Waals surface area contributed by atoms with Gasteiger partial charge in [0.05, 0.1) is 11.8 Å². The maximum atomic E-state index is 12.0. The number of aromatic nitrogens is 2. The summed E-state index contributed by atoms with van der Waals surface area (Å²) in [6.07, 6.45) is 3.60. The Morgan fingerprint density at radius 3 is 2.85 bits per heavy atom. The monoisotopic (exact) mass is 289 g/mol. The number of aryl methyl sites for hydroxylation is 2. The van der Waals surface area contributed by atoms with E-state index in [1.165, 1.54) is 17.3 Å². The molecule has 1 heterocycles. The number of rotatable bonds is 5. The molecule has 1 aromatic carbocycles. The van der Waals surface area contributed by atoms with Crippen molar-refractivity contribution in [2.45, 2.75) is 25.0 Å². The second kappa shape index (κ2) is 6.61. The first-order valence-electron chi connectivity index (χ1n) is 6.53. The Morgan fingerprint density at radius 1 is 1.45 bits per heavy atom. The summed E-state index contributed by atoms with van der Waals surface area (Å²) in [4.78, 5) is 16.2. The Bertz CT molecular complexity index is 594. The van der Waals surface area contributed by atoms with Gasteiger partial charge in [-0.2, -0.15) is 0 Å². The Balaban J connectivity index is 1.88. The van der Waals surface area contributed by atoms with Gasteiger partial charge in [-0.15, -0.1) is 0 Å². The van der Waals surface area contributed by atoms with Crippen LogP contribution < -0.4 is 5.32 Å². The molecule has 0 saturated carbocycles. The summed E-state index contributed by atoms with van der Waals surface area (Å²) in [7, 11) is 1.92. The zero-order valence-corrected chi connectivity index (χ0v) is 12.8. The smallest absolute Gasteiger partial charge is 0.230 e. The number of imidazole rings is 1. The first-order valence-corrected chi connectivity index (χ1v) is 7.51. The highest BCUT2D eigenvalue weighted by Crippen LogP contribution is 2.18. The number of nitrogens with one attached hydrogen (secondary N) is 1. The van der Waals surface area contributed by atoms with Crippen LogP contribution in [0.2, 0.25) is 0 Å². The molecule has 0 saturated heterocycles. The van der Waals surface area contributed by atoms with Crippen LogP contribution in [0.3, 0.4) is 0 Å². The minimum Gasteiger partial charge on any atom is -0.349 e. The molecule has 0 aliphatic carbocycles. The van der Waals surface area contributed by atoms with Crippen LogP contribution in [0.5, 0.6) is 0 Å². The van der Waals surface area contributed by atoms with E-state index in [1.54, 1.807) is 6.20 Å². The first-order chi connectivity index (χ1) is 9.58. The summed E-state index contributed by atoms with van der Waals surface area (Å²) in [5.74, 6) is 0.398. The van der Waals surface area contributed by atoms with Gasteiger partial charge in [0.25, 0.3) is 0 Å². The average molecular weight is 289 g/mol. The molecule has 0 unspecified atom stereocenters. The molecule has 0 aliphatic rings. The van der Waals surface area contributed by atoms with Crippen LogP contribution in [0.1, 0.15) is 24.1 Å². The van der Waals surface area contributed by atoms with Gasteiger partial charge in [-0.25, -0.2) is 4.98 Å². The van der Waals surface area contributed by atoms with E-state index in [0.717, 1.165) is 10.7 Å². The molecule has 0 aliphatic heterocycles. The fourth-order valence-corrected chi connectivity index (χ4v) is 2.80. The zero-order valence-electron chi connectivity index (χ0n) is 12.0. The molecular weight excluding hydrogens is 270 g/mol. The predicted octanol–water partition coefficient (Wildman–Crippen LogP) is 2.70. The topological polar surface area (TPSA) is 46.9 Å². The molecule has 1 amide bonds. The van der Waals surface area contributed by atoms with Crippen molar-refractivity contribution in [3.63, 3.8) is 0 Å². The number of thioether (sulfide) groups is 1. The molecule has 20 heavy (non-hydrogen) atoms. The molecule has 106 valence electrons. The molecular formula is C15H19N3OS. The number of nitrogens with zero attached hydrogens (tertiary/aromatic N) is 2. The molecule has 0 radical (unpaired) electrons. The standard InChI is InChI=1S/C15H19N3OS/c1-11-6-4-5-7-13(11)12(2)17-14(19)10-20-15-16-8-9-18(15)3/h4-9,12H,10H2,1-3H3,(H,17,19)/t12-/m0/s1. The third kappa shape index (κ3) is 3.63. The molecule has 0 spiro atoms. The summed E-state index contributed by atoms with van der Waals surface area (Å²) in [6.45, 7) is 4.06. The minimum absolute atomic E-state index is 0.0191. The van der Waals surface area contributed by atoms with E-state index in [9.17, 15) is 4.79 Å². The van der Waals surface area contributed by atoms with Crippen LogP contribution in [0.25, 0.3) is 0 Å². The lowest BCUT2D eigenvalue weighted by molar-refractivity contribution is -0.119. The summed E-state index contributed by atoms with van der Waals surface area (Å²) < 4.78 is 1.91. The maximum Gasteiger partial charge on any atom is 0.230 e. The van der Waals surface area contributed by atoms with Crippen molar-refractivity contribution in [1.29, 1.82) is 0 Å². The first kappa shape index (κ1) is 14.7. The van der Waals surface area contributed by atoms with Gasteiger partial charge >= 0.3 is 0 Å². The van der Waals surface area contributed by atoms with Crippen LogP contribution in [0.15, 0.2) is 41.8 Å². The van der Waals surface area contributed by atoms with Gasteiger partial charge < -0.3 is 9.88 Å². The van der Waals surface area contributed by atoms with E-state index in [1.807, 2.05) is 42.9 Å². The number of amides is 1. The fraction of sp³-hybridized carbons (Fsp3) is 0.333. The molecule has 2 rings (SSSR count). The van der Waals surface area contributed by atoms with Crippen molar-refractivity contribution in [3.05, 3.63) is 47.8 Å². The van der Waals surface area contributed by atoms with Crippen LogP contribution in [-0.4, -0.2) is 21.2 Å². The number of benzene rings is 1. The van der Waals surface area contributed by atoms with E-state index in [-0.39, 0.29) is 11.9 Å². The third-order valence-corrected chi connectivity index (χ3v) is 4.20. The molecule has 1 N–H and O–H groups in total. The van der Waals surface area contributed by atoms with Crippen molar-refractivity contribution < 1.29 is 4.79 Å². The number of hydrogen-bond acceptors (Lipinski definition) is 3. The molecule has 2 aromatic rings. The lowest BCUT2D eigenvalue weighted by Crippen LogP contribution is -2.28. The lowest BCUT2D eigenvalue weighted by atomic mass is 10.0. The van der Waals surface area contributed by atoms with E-state index in [0.29, 0.717) is 5.75 Å². The summed E-state index contributed by atoms with van der Waals surface area (Å²) in [6, 6.07) is 8.12. The van der Waals surface area contributed by atoms with Crippen molar-refractivity contribution >= 4 is 17.7 Å².